The van der Waals surface area contributed by atoms with Crippen molar-refractivity contribution in [2.24, 2.45) is 0 Å². The Morgan fingerprint density at radius 1 is 0.182 bits per heavy atom. The van der Waals surface area contributed by atoms with E-state index >= 15 is 0 Å². The quantitative estimate of drug-likeness (QED) is 0.0919. The van der Waals surface area contributed by atoms with E-state index in [1.165, 1.54) is 193 Å². The van der Waals surface area contributed by atoms with E-state index in [4.69, 9.17) is 2.97 Å². The molecule has 0 aromatic carbocycles. The summed E-state index contributed by atoms with van der Waals surface area (Å²) in [6.45, 7) is 26.9. The predicted molar refractivity (Wildman–Crippen MR) is 224 cm³/mol. The van der Waals surface area contributed by atoms with Gasteiger partial charge >= 0.3 is 0 Å². The Morgan fingerprint density at radius 2 is 0.250 bits per heavy atom. The first-order valence-electron chi connectivity index (χ1n) is 21.5. The molecule has 0 heteroatoms. The first-order chi connectivity index (χ1) is 21.5. The van der Waals surface area contributed by atoms with Gasteiger partial charge in [0.05, 0.1) is 0 Å². The Morgan fingerprint density at radius 3 is 0.295 bits per heavy atom. The van der Waals surface area contributed by atoms with Gasteiger partial charge in [-0.25, -0.2) is 0 Å². The Labute approximate surface area is 294 Å². The smallest absolute Gasteiger partial charge is 0 e. The summed E-state index contributed by atoms with van der Waals surface area (Å²) in [5.74, 6) is 0. The minimum atomic E-state index is 0. The fraction of sp³-hybridized carbons (Fsp3) is 1.00. The van der Waals surface area contributed by atoms with Crippen molar-refractivity contribution in [2.75, 3.05) is 0 Å². The first kappa shape index (κ1) is 59.4. The Bertz CT molecular complexity index is 209. The highest BCUT2D eigenvalue weighted by molar-refractivity contribution is 4.39. The fourth-order valence-electron chi connectivity index (χ4n) is 4.06. The monoisotopic (exact) mass is 643 g/mol. The zero-order valence-electron chi connectivity index (χ0n) is 35.2. The van der Waals surface area contributed by atoms with Crippen molar-refractivity contribution in [3.63, 3.8) is 0 Å². The van der Waals surface area contributed by atoms with E-state index in [2.05, 4.69) is 83.1 Å². The van der Waals surface area contributed by atoms with E-state index in [0.717, 1.165) is 0 Å². The maximum Gasteiger partial charge on any atom is 0 e. The number of rotatable bonds is 24. The molecule has 0 heterocycles. The number of hydrogen-bond donors (Lipinski definition) is 0. The summed E-state index contributed by atoms with van der Waals surface area (Å²) in [6, 6.07) is 0. The van der Waals surface area contributed by atoms with Gasteiger partial charge in [-0.2, -0.15) is 0 Å². The van der Waals surface area contributed by atoms with Crippen molar-refractivity contribution in [1.82, 2.24) is 0 Å². The van der Waals surface area contributed by atoms with E-state index in [-0.39, 0.29) is 16.3 Å². The number of hydrogen-bond acceptors (Lipinski definition) is 0. The van der Waals surface area contributed by atoms with Crippen LogP contribution in [0.2, 0.25) is 0 Å². The molecule has 0 aromatic heterocycles. The molecule has 0 fully saturated rings. The number of unbranched alkanes of at least 4 members (excludes halogenated alkanes) is 24. The van der Waals surface area contributed by atoms with Crippen LogP contribution < -0.4 is 0 Å². The summed E-state index contributed by atoms with van der Waals surface area (Å²) in [5, 5.41) is 0. The average Bonchev–Trinajstić information content (AvgIpc) is 3.05. The largest absolute Gasteiger partial charge is 0.0776 e. The molecule has 0 aliphatic rings. The van der Waals surface area contributed by atoms with Crippen LogP contribution in [-0.2, 0) is 0 Å². The molecular formula is C44H108. The van der Waals surface area contributed by atoms with Gasteiger partial charge in [0, 0.05) is 4.40 Å². The lowest BCUT2D eigenvalue weighted by molar-refractivity contribution is 0.656. The molecule has 0 atom stereocenters. The van der Waals surface area contributed by atoms with Gasteiger partial charge in [0.2, 0.25) is 0 Å². The van der Waals surface area contributed by atoms with Gasteiger partial charge in [0.15, 0.2) is 0 Å². The first-order valence-corrected chi connectivity index (χ1v) is 20.5. The summed E-state index contributed by atoms with van der Waals surface area (Å²) in [7, 11) is 0. The lowest BCUT2D eigenvalue weighted by Gasteiger charge is -1.90. The maximum atomic E-state index is 5.00. The van der Waals surface area contributed by atoms with Crippen molar-refractivity contribution in [2.45, 2.75) is 291 Å². The van der Waals surface area contributed by atoms with Crippen LogP contribution in [0.5, 0.6) is 0 Å². The van der Waals surface area contributed by atoms with E-state index in [1.807, 2.05) is 0 Å². The SMILES string of the molecule is C.C.CCCCCCC.CCCCCCC.CCCCCCC.CCCCCCC.CCCCCCC.CCCCCCC.[3HH].[3H][3H]. The van der Waals surface area contributed by atoms with Gasteiger partial charge in [-0.05, 0) is 0 Å². The normalized spacial score (nSPS) is 9.18. The molecule has 0 rings (SSSR count). The van der Waals surface area contributed by atoms with Crippen molar-refractivity contribution in [1.29, 1.82) is 0 Å². The highest BCUT2D eigenvalue weighted by Crippen LogP contribution is 2.03. The Hall–Kier alpha value is 0. The second-order valence-corrected chi connectivity index (χ2v) is 12.4. The lowest BCUT2D eigenvalue weighted by Crippen LogP contribution is -1.70. The standard InChI is InChI=1S/6C7H16.2CH4.2H2/c6*1-3-5-7-6-4-2;;;;/h6*3-7H2,1-2H3;2*1H4;2*1H/i;;;;;;;;1+2T;1+2. The molecule has 0 spiro atoms. The zero-order valence-corrected chi connectivity index (χ0v) is 33.2. The summed E-state index contributed by atoms with van der Waals surface area (Å²) in [4.78, 5) is 0. The van der Waals surface area contributed by atoms with Crippen molar-refractivity contribution in [3.8, 4) is 0 Å². The van der Waals surface area contributed by atoms with Gasteiger partial charge < -0.3 is 0 Å². The van der Waals surface area contributed by atoms with Crippen LogP contribution in [-0.4, -0.2) is 0 Å². The van der Waals surface area contributed by atoms with Crippen LogP contribution in [0.15, 0.2) is 0 Å². The summed E-state index contributed by atoms with van der Waals surface area (Å²) >= 11 is 0. The second kappa shape index (κ2) is 84.3. The minimum Gasteiger partial charge on any atom is -0.0776 e. The fourth-order valence-corrected chi connectivity index (χ4v) is 4.06. The van der Waals surface area contributed by atoms with E-state index in [1.54, 1.807) is 0 Å². The van der Waals surface area contributed by atoms with Crippen molar-refractivity contribution in [3.05, 3.63) is 0 Å². The second-order valence-electron chi connectivity index (χ2n) is 12.4. The van der Waals surface area contributed by atoms with Crippen LogP contribution in [0.4, 0.5) is 0 Å². The third kappa shape index (κ3) is 123. The molecule has 0 amide bonds. The van der Waals surface area contributed by atoms with Crippen LogP contribution in [0.1, 0.15) is 295 Å². The highest BCUT2D eigenvalue weighted by Gasteiger charge is 1.83. The third-order valence-corrected chi connectivity index (χ3v) is 7.24. The molecule has 0 nitrogen and oxygen atoms in total. The van der Waals surface area contributed by atoms with Gasteiger partial charge in [-0.15, -0.1) is 0 Å². The van der Waals surface area contributed by atoms with Crippen molar-refractivity contribution < 1.29 is 4.40 Å². The molecule has 0 aromatic rings. The molecule has 0 saturated heterocycles. The molecule has 0 aliphatic carbocycles. The van der Waals surface area contributed by atoms with Crippen LogP contribution >= 0.6 is 0 Å². The molecule has 44 heavy (non-hydrogen) atoms. The highest BCUT2D eigenvalue weighted by atomic mass is 13.9. The van der Waals surface area contributed by atoms with E-state index < -0.39 is 0 Å². The molecule has 0 aliphatic heterocycles. The average molecular weight is 643 g/mol. The van der Waals surface area contributed by atoms with Crippen LogP contribution in [0.3, 0.4) is 0 Å². The third-order valence-electron chi connectivity index (χ3n) is 7.24. The topological polar surface area (TPSA) is 0 Å². The van der Waals surface area contributed by atoms with E-state index in [9.17, 15) is 0 Å². The summed E-state index contributed by atoms with van der Waals surface area (Å²) in [6.07, 6.45) is 42.1. The van der Waals surface area contributed by atoms with Gasteiger partial charge in [0.25, 0.3) is 0 Å². The van der Waals surface area contributed by atoms with Crippen molar-refractivity contribution >= 4 is 0 Å². The minimum absolute atomic E-state index is 0. The van der Waals surface area contributed by atoms with Gasteiger partial charge in [-0.3, -0.25) is 0 Å². The molecule has 0 radical (unpaired) electrons. The molecule has 0 unspecified atom stereocenters. The summed E-state index contributed by atoms with van der Waals surface area (Å²) in [5.41, 5.74) is 0. The Kier molecular flexibility index (Phi) is 114. The molecule has 284 valence electrons. The Balaban J connectivity index is -0.0000000427. The van der Waals surface area contributed by atoms with Crippen LogP contribution in [0.25, 0.3) is 0 Å². The van der Waals surface area contributed by atoms with Gasteiger partial charge in [0.1, 0.15) is 0 Å². The summed E-state index contributed by atoms with van der Waals surface area (Å²) < 4.78 is 10.0. The van der Waals surface area contributed by atoms with Crippen LogP contribution in [0, 0.1) is 0 Å². The maximum absolute atomic E-state index is 5.00. The molecular weight excluding hydrogens is 528 g/mol. The van der Waals surface area contributed by atoms with E-state index in [0.29, 0.717) is 0 Å². The zero-order chi connectivity index (χ0) is 35.2. The van der Waals surface area contributed by atoms with Gasteiger partial charge in [-0.1, -0.05) is 291 Å². The molecule has 0 bridgehead atoms. The predicted octanol–water partition coefficient (Wildman–Crippen LogP) is 19.6. The molecule has 0 N–H and O–H groups in total. The molecule has 0 saturated carbocycles. The lowest BCUT2D eigenvalue weighted by atomic mass is 10.2.